The maximum absolute atomic E-state index is 14.5. The van der Waals surface area contributed by atoms with Gasteiger partial charge in [0.2, 0.25) is 11.6 Å². The van der Waals surface area contributed by atoms with Gasteiger partial charge in [0.25, 0.3) is 0 Å². The molecule has 0 amide bonds. The Bertz CT molecular complexity index is 3510. The summed E-state index contributed by atoms with van der Waals surface area (Å²) in [5.74, 6) is 0.853. The quantitative estimate of drug-likeness (QED) is 0.0323. The fourth-order valence-corrected chi connectivity index (χ4v) is 18.6. The summed E-state index contributed by atoms with van der Waals surface area (Å²) >= 11 is 0. The third kappa shape index (κ3) is 48.2. The lowest BCUT2D eigenvalue weighted by Gasteiger charge is -2.24. The number of ether oxygens (including phenoxy) is 16. The molecule has 3 heterocycles. The Morgan fingerprint density at radius 2 is 0.341 bits per heavy atom. The number of nitrogens with zero attached hydrogens (tertiary/aromatic N) is 6. The number of benzene rings is 4. The lowest BCUT2D eigenvalue weighted by molar-refractivity contribution is 0.00776. The molecule has 26 nitrogen and oxygen atoms in total. The number of rotatable bonds is 54. The van der Waals surface area contributed by atoms with E-state index in [1.54, 1.807) is 72.8 Å². The number of fused-ring (bicyclic) bond motifs is 4. The molecule has 3 saturated heterocycles. The van der Waals surface area contributed by atoms with Crippen LogP contribution >= 0.6 is 0 Å². The van der Waals surface area contributed by atoms with Crippen LogP contribution in [0.15, 0.2) is 72.8 Å². The predicted octanol–water partition coefficient (Wildman–Crippen LogP) is 18.6. The molecule has 5 aliphatic rings. The molecule has 0 aromatic heterocycles. The van der Waals surface area contributed by atoms with Crippen molar-refractivity contribution in [3.63, 3.8) is 0 Å². The lowest BCUT2D eigenvalue weighted by atomic mass is 9.83. The molecule has 3 fully saturated rings. The van der Waals surface area contributed by atoms with Gasteiger partial charge in [0, 0.05) is 101 Å². The predicted molar refractivity (Wildman–Crippen MR) is 548 cm³/mol. The highest BCUT2D eigenvalue weighted by atomic mass is 16.6. The lowest BCUT2D eigenvalue weighted by Crippen LogP contribution is -2.34. The number of carbonyl (C=O) groups is 4. The average Bonchev–Trinajstić information content (AvgIpc) is 0.749. The molecular formula is C112H182N6O20. The van der Waals surface area contributed by atoms with E-state index < -0.39 is 0 Å². The van der Waals surface area contributed by atoms with Gasteiger partial charge in [0.15, 0.2) is 11.6 Å². The highest BCUT2D eigenvalue weighted by Gasteiger charge is 2.37. The third-order valence-corrected chi connectivity index (χ3v) is 27.0. The standard InChI is InChI=1S/C112H182N6O20/c1-3-5-7-9-11-13-15-17-19-29-51-113-57-73-123-85-89-127-77-61-115(62-78-128-90-86-124-74-58-113)53-31-21-25-35-69-135-101-47-39-43-97-105(101)111(121)107-99(109(97)119)45-41-49-103(107)137-71-37-27-23-33-55-117-65-81-131-93-95-133-83-67-118(68-84-134-96-94-132-82-66-117)56-34-24-28-38-72-138-104-50-42-46-100-108(104)112(122)106-98(110(100)120)44-40-48-102(106)136-70-36-26-22-32-54-116-63-79-129-91-87-125-75-59-114(60-76-126-88-92-130-80-64-116)52-30-20-18-16-14-12-10-8-6-4-2/h39-50H,3-38,51-96H2,1-2H3. The second-order valence-corrected chi connectivity index (χ2v) is 37.8. The van der Waals surface area contributed by atoms with Gasteiger partial charge in [-0.15, -0.1) is 0 Å². The molecule has 0 unspecified atom stereocenters. The van der Waals surface area contributed by atoms with Gasteiger partial charge in [-0.05, 0) is 128 Å². The van der Waals surface area contributed by atoms with Crippen LogP contribution in [0.3, 0.4) is 0 Å². The summed E-state index contributed by atoms with van der Waals surface area (Å²) in [7, 11) is 0. The molecule has 4 aromatic carbocycles. The van der Waals surface area contributed by atoms with E-state index >= 15 is 0 Å². The first-order valence-corrected chi connectivity index (χ1v) is 54.8. The largest absolute Gasteiger partial charge is 0.493 e. The van der Waals surface area contributed by atoms with E-state index in [0.717, 1.165) is 221 Å². The molecule has 0 radical (unpaired) electrons. The van der Waals surface area contributed by atoms with Gasteiger partial charge >= 0.3 is 0 Å². The zero-order valence-corrected chi connectivity index (χ0v) is 85.8. The van der Waals surface area contributed by atoms with Gasteiger partial charge in [-0.1, -0.05) is 229 Å². The summed E-state index contributed by atoms with van der Waals surface area (Å²) in [5.41, 5.74) is 2.70. The molecule has 3 aliphatic heterocycles. The molecule has 4 aromatic rings. The van der Waals surface area contributed by atoms with Crippen LogP contribution in [0.2, 0.25) is 0 Å². The molecule has 0 N–H and O–H groups in total. The molecule has 26 heteroatoms. The minimum absolute atomic E-state index is 0.197. The highest BCUT2D eigenvalue weighted by molar-refractivity contribution is 6.31. The maximum Gasteiger partial charge on any atom is 0.201 e. The summed E-state index contributed by atoms with van der Waals surface area (Å²) in [4.78, 5) is 71.7. The number of hydrogen-bond donors (Lipinski definition) is 0. The Balaban J connectivity index is 0.583. The first kappa shape index (κ1) is 116. The molecule has 0 bridgehead atoms. The van der Waals surface area contributed by atoms with Gasteiger partial charge < -0.3 is 75.8 Å². The number of hydrogen-bond acceptors (Lipinski definition) is 26. The Hall–Kier alpha value is -5.96. The molecule has 780 valence electrons. The Morgan fingerprint density at radius 1 is 0.188 bits per heavy atom. The van der Waals surface area contributed by atoms with E-state index in [0.29, 0.717) is 252 Å². The first-order valence-electron chi connectivity index (χ1n) is 54.8. The molecule has 0 saturated carbocycles. The summed E-state index contributed by atoms with van der Waals surface area (Å²) < 4.78 is 98.1. The molecule has 138 heavy (non-hydrogen) atoms. The van der Waals surface area contributed by atoms with E-state index in [1.807, 2.05) is 0 Å². The van der Waals surface area contributed by atoms with E-state index in [2.05, 4.69) is 43.2 Å². The SMILES string of the molecule is CCCCCCCCCCCCN1CCOCCOCCN(CCCCCCOc2cccc3c2C(=O)c2c(OCCCCCCN4CCOCCOCCN(CCCCCCOc5cccc6c5C(=O)c5c(OCCCCCCN7CCOCCOCCN(CCCCCCCCCCCC)CCOCCOCC7)cccc5C6=O)CCOCCOCC4)cccc2C3=O)CCOCCOCC1. The van der Waals surface area contributed by atoms with E-state index in [4.69, 9.17) is 75.8 Å². The van der Waals surface area contributed by atoms with Crippen molar-refractivity contribution in [3.05, 3.63) is 117 Å². The zero-order valence-electron chi connectivity index (χ0n) is 85.8. The minimum Gasteiger partial charge on any atom is -0.493 e. The molecular weight excluding hydrogens is 1750 g/mol. The first-order chi connectivity index (χ1) is 68.3. The molecule has 2 aliphatic carbocycles. The zero-order chi connectivity index (χ0) is 96.5. The van der Waals surface area contributed by atoms with Crippen molar-refractivity contribution < 1.29 is 95.0 Å². The Morgan fingerprint density at radius 3 is 0.507 bits per heavy atom. The van der Waals surface area contributed by atoms with E-state index in [-0.39, 0.29) is 23.1 Å². The van der Waals surface area contributed by atoms with Gasteiger partial charge in [-0.25, -0.2) is 0 Å². The monoisotopic (exact) mass is 1930 g/mol. The van der Waals surface area contributed by atoms with Crippen LogP contribution < -0.4 is 18.9 Å². The average molecular weight is 1930 g/mol. The summed E-state index contributed by atoms with van der Waals surface area (Å²) in [6, 6.07) is 21.3. The van der Waals surface area contributed by atoms with Crippen molar-refractivity contribution in [1.29, 1.82) is 0 Å². The van der Waals surface area contributed by atoms with Crippen LogP contribution in [-0.2, 0) is 56.8 Å². The Kier molecular flexibility index (Phi) is 64.2. The molecule has 9 rings (SSSR count). The van der Waals surface area contributed by atoms with E-state index in [1.165, 1.54) is 128 Å². The normalized spacial score (nSPS) is 18.3. The van der Waals surface area contributed by atoms with Gasteiger partial charge in [0.05, 0.1) is 207 Å². The fourth-order valence-electron chi connectivity index (χ4n) is 18.6. The second-order valence-electron chi connectivity index (χ2n) is 37.8. The smallest absolute Gasteiger partial charge is 0.201 e. The van der Waals surface area contributed by atoms with Crippen LogP contribution in [0.1, 0.15) is 309 Å². The molecule has 0 spiro atoms. The minimum atomic E-state index is -0.243. The van der Waals surface area contributed by atoms with E-state index in [9.17, 15) is 19.2 Å². The van der Waals surface area contributed by atoms with Crippen LogP contribution in [-0.4, -0.2) is 355 Å². The van der Waals surface area contributed by atoms with Crippen molar-refractivity contribution in [2.45, 2.75) is 245 Å². The molecule has 0 atom stereocenters. The van der Waals surface area contributed by atoms with Gasteiger partial charge in [0.1, 0.15) is 23.0 Å². The van der Waals surface area contributed by atoms with Crippen molar-refractivity contribution in [1.82, 2.24) is 29.4 Å². The summed E-state index contributed by atoms with van der Waals surface area (Å²) in [6.45, 7) is 36.9. The van der Waals surface area contributed by atoms with Gasteiger partial charge in [-0.2, -0.15) is 0 Å². The van der Waals surface area contributed by atoms with Crippen LogP contribution in [0.5, 0.6) is 23.0 Å². The van der Waals surface area contributed by atoms with Crippen molar-refractivity contribution in [3.8, 4) is 23.0 Å². The van der Waals surface area contributed by atoms with Crippen LogP contribution in [0.4, 0.5) is 0 Å². The second kappa shape index (κ2) is 76.6. The van der Waals surface area contributed by atoms with Crippen molar-refractivity contribution >= 4 is 23.1 Å². The van der Waals surface area contributed by atoms with Crippen molar-refractivity contribution in [2.24, 2.45) is 0 Å². The van der Waals surface area contributed by atoms with Crippen molar-refractivity contribution in [2.75, 3.05) is 303 Å². The highest BCUT2D eigenvalue weighted by Crippen LogP contribution is 2.40. The Labute approximate surface area is 831 Å². The van der Waals surface area contributed by atoms with Gasteiger partial charge in [-0.3, -0.25) is 48.6 Å². The maximum atomic E-state index is 14.5. The third-order valence-electron chi connectivity index (χ3n) is 27.0. The number of unbranched alkanes of at least 4 members (excludes halogenated alkanes) is 30. The topological polar surface area (TPSA) is 235 Å². The van der Waals surface area contributed by atoms with Crippen LogP contribution in [0.25, 0.3) is 0 Å². The summed E-state index contributed by atoms with van der Waals surface area (Å²) in [6.07, 6.45) is 42.1. The number of carbonyl (C=O) groups excluding carboxylic acids is 4. The fraction of sp³-hybridized carbons (Fsp3) is 0.750. The summed E-state index contributed by atoms with van der Waals surface area (Å²) in [5, 5.41) is 0. The van der Waals surface area contributed by atoms with Crippen LogP contribution in [0, 0.1) is 0 Å². The number of ketones is 4.